The molecule has 0 spiro atoms. The molecule has 0 saturated heterocycles. The van der Waals surface area contributed by atoms with Crippen LogP contribution >= 0.6 is 0 Å². The summed E-state index contributed by atoms with van der Waals surface area (Å²) in [5, 5.41) is 16.8. The Kier molecular flexibility index (Phi) is 3.06. The molecule has 0 aliphatic heterocycles. The van der Waals surface area contributed by atoms with E-state index >= 15 is 0 Å². The van der Waals surface area contributed by atoms with Crippen LogP contribution in [0.3, 0.4) is 0 Å². The molecule has 0 radical (unpaired) electrons. The summed E-state index contributed by atoms with van der Waals surface area (Å²) in [5.74, 6) is -0.268. The molecule has 0 saturated carbocycles. The highest BCUT2D eigenvalue weighted by Crippen LogP contribution is 2.26. The average molecular weight is 283 g/mol. The van der Waals surface area contributed by atoms with Crippen LogP contribution in [0.1, 0.15) is 16.1 Å². The SMILES string of the molecule is COc1ccc(-c2cc(C(=O)O)c3c(C)[nH]nc3n2)cc1. The molecule has 0 aliphatic rings. The van der Waals surface area contributed by atoms with Gasteiger partial charge in [-0.15, -0.1) is 0 Å². The fraction of sp³-hybridized carbons (Fsp3) is 0.133. The number of fused-ring (bicyclic) bond motifs is 1. The van der Waals surface area contributed by atoms with E-state index in [1.165, 1.54) is 0 Å². The van der Waals surface area contributed by atoms with Crippen LogP contribution < -0.4 is 4.74 Å². The van der Waals surface area contributed by atoms with Crippen LogP contribution in [0.5, 0.6) is 5.75 Å². The maximum Gasteiger partial charge on any atom is 0.336 e. The zero-order valence-electron chi connectivity index (χ0n) is 11.5. The molecule has 0 aliphatic carbocycles. The van der Waals surface area contributed by atoms with E-state index in [4.69, 9.17) is 4.74 Å². The van der Waals surface area contributed by atoms with Gasteiger partial charge in [-0.3, -0.25) is 5.10 Å². The van der Waals surface area contributed by atoms with Gasteiger partial charge >= 0.3 is 5.97 Å². The van der Waals surface area contributed by atoms with E-state index in [2.05, 4.69) is 15.2 Å². The quantitative estimate of drug-likeness (QED) is 0.771. The van der Waals surface area contributed by atoms with Crippen molar-refractivity contribution in [2.45, 2.75) is 6.92 Å². The minimum absolute atomic E-state index is 0.192. The minimum Gasteiger partial charge on any atom is -0.497 e. The maximum absolute atomic E-state index is 11.5. The molecular formula is C15H13N3O3. The predicted molar refractivity (Wildman–Crippen MR) is 77.6 cm³/mol. The van der Waals surface area contributed by atoms with Gasteiger partial charge in [0.2, 0.25) is 0 Å². The van der Waals surface area contributed by atoms with Crippen molar-refractivity contribution >= 4 is 17.0 Å². The van der Waals surface area contributed by atoms with E-state index in [0.717, 1.165) is 11.3 Å². The van der Waals surface area contributed by atoms with Gasteiger partial charge in [-0.1, -0.05) is 0 Å². The van der Waals surface area contributed by atoms with Crippen LogP contribution in [-0.4, -0.2) is 33.4 Å². The molecule has 106 valence electrons. The number of aromatic nitrogens is 3. The Labute approximate surface area is 120 Å². The number of aromatic amines is 1. The third-order valence-electron chi connectivity index (χ3n) is 3.32. The smallest absolute Gasteiger partial charge is 0.336 e. The number of carboxylic acids is 1. The van der Waals surface area contributed by atoms with Gasteiger partial charge in [-0.2, -0.15) is 5.10 Å². The number of aromatic carboxylic acids is 1. The molecule has 0 atom stereocenters. The largest absolute Gasteiger partial charge is 0.497 e. The highest BCUT2D eigenvalue weighted by atomic mass is 16.5. The molecule has 6 heteroatoms. The van der Waals surface area contributed by atoms with E-state index in [9.17, 15) is 9.90 Å². The third kappa shape index (κ3) is 2.20. The summed E-state index contributed by atoms with van der Waals surface area (Å²) in [5.41, 5.74) is 2.65. The zero-order valence-corrected chi connectivity index (χ0v) is 11.5. The first-order valence-electron chi connectivity index (χ1n) is 6.33. The number of carbonyl (C=O) groups is 1. The van der Waals surface area contributed by atoms with Gasteiger partial charge in [-0.25, -0.2) is 9.78 Å². The molecule has 2 N–H and O–H groups in total. The Morgan fingerprint density at radius 1 is 1.29 bits per heavy atom. The summed E-state index contributed by atoms with van der Waals surface area (Å²) in [6.07, 6.45) is 0. The van der Waals surface area contributed by atoms with Crippen molar-refractivity contribution in [3.05, 3.63) is 41.6 Å². The molecular weight excluding hydrogens is 270 g/mol. The number of ether oxygens (including phenoxy) is 1. The average Bonchev–Trinajstić information content (AvgIpc) is 2.88. The number of methoxy groups -OCH3 is 1. The van der Waals surface area contributed by atoms with E-state index in [0.29, 0.717) is 22.4 Å². The van der Waals surface area contributed by atoms with Crippen LogP contribution in [0.15, 0.2) is 30.3 Å². The number of hydrogen-bond donors (Lipinski definition) is 2. The molecule has 21 heavy (non-hydrogen) atoms. The standard InChI is InChI=1S/C15H13N3O3/c1-8-13-11(15(19)20)7-12(16-14(13)18-17-8)9-3-5-10(21-2)6-4-9/h3-7H,1-2H3,(H,19,20)(H,16,17,18). The van der Waals surface area contributed by atoms with Crippen LogP contribution in [0.2, 0.25) is 0 Å². The van der Waals surface area contributed by atoms with Gasteiger partial charge in [0.15, 0.2) is 5.65 Å². The Morgan fingerprint density at radius 2 is 2.00 bits per heavy atom. The molecule has 3 rings (SSSR count). The summed E-state index contributed by atoms with van der Waals surface area (Å²) in [7, 11) is 1.59. The number of H-pyrrole nitrogens is 1. The van der Waals surface area contributed by atoms with Gasteiger partial charge in [0, 0.05) is 11.3 Å². The zero-order chi connectivity index (χ0) is 15.0. The van der Waals surface area contributed by atoms with Crippen molar-refractivity contribution < 1.29 is 14.6 Å². The number of carboxylic acid groups (broad SMARTS) is 1. The first-order chi connectivity index (χ1) is 10.1. The Balaban J connectivity index is 2.20. The lowest BCUT2D eigenvalue weighted by molar-refractivity contribution is 0.0699. The first kappa shape index (κ1) is 13.1. The summed E-state index contributed by atoms with van der Waals surface area (Å²) in [6.45, 7) is 1.77. The van der Waals surface area contributed by atoms with Gasteiger partial charge < -0.3 is 9.84 Å². The van der Waals surface area contributed by atoms with Crippen molar-refractivity contribution in [2.75, 3.05) is 7.11 Å². The van der Waals surface area contributed by atoms with Crippen LogP contribution in [0.4, 0.5) is 0 Å². The van der Waals surface area contributed by atoms with Crippen molar-refractivity contribution in [1.29, 1.82) is 0 Å². The van der Waals surface area contributed by atoms with E-state index < -0.39 is 5.97 Å². The number of benzene rings is 1. The van der Waals surface area contributed by atoms with Crippen molar-refractivity contribution in [3.8, 4) is 17.0 Å². The number of pyridine rings is 1. The normalized spacial score (nSPS) is 10.8. The number of nitrogens with zero attached hydrogens (tertiary/aromatic N) is 2. The first-order valence-corrected chi connectivity index (χ1v) is 6.33. The van der Waals surface area contributed by atoms with Crippen molar-refractivity contribution in [3.63, 3.8) is 0 Å². The molecule has 2 heterocycles. The second kappa shape index (κ2) is 4.90. The van der Waals surface area contributed by atoms with Gasteiger partial charge in [0.05, 0.1) is 23.8 Å². The maximum atomic E-state index is 11.5. The molecule has 0 bridgehead atoms. The number of hydrogen-bond acceptors (Lipinski definition) is 4. The van der Waals surface area contributed by atoms with Crippen molar-refractivity contribution in [1.82, 2.24) is 15.2 Å². The summed E-state index contributed by atoms with van der Waals surface area (Å²) < 4.78 is 5.11. The Hall–Kier alpha value is -2.89. The Morgan fingerprint density at radius 3 is 2.62 bits per heavy atom. The number of aryl methyl sites for hydroxylation is 1. The van der Waals surface area contributed by atoms with Crippen molar-refractivity contribution in [2.24, 2.45) is 0 Å². The second-order valence-corrected chi connectivity index (χ2v) is 4.64. The van der Waals surface area contributed by atoms with Gasteiger partial charge in [0.25, 0.3) is 0 Å². The van der Waals surface area contributed by atoms with E-state index in [1.54, 1.807) is 32.2 Å². The van der Waals surface area contributed by atoms with Crippen LogP contribution in [0.25, 0.3) is 22.3 Å². The Bertz CT molecular complexity index is 822. The minimum atomic E-state index is -0.998. The number of rotatable bonds is 3. The molecule has 0 fully saturated rings. The second-order valence-electron chi connectivity index (χ2n) is 4.64. The third-order valence-corrected chi connectivity index (χ3v) is 3.32. The summed E-state index contributed by atoms with van der Waals surface area (Å²) in [4.78, 5) is 15.9. The fourth-order valence-corrected chi connectivity index (χ4v) is 2.25. The lowest BCUT2D eigenvalue weighted by atomic mass is 10.1. The number of nitrogens with one attached hydrogen (secondary N) is 1. The molecule has 0 unspecified atom stereocenters. The highest BCUT2D eigenvalue weighted by molar-refractivity contribution is 6.03. The molecule has 2 aromatic heterocycles. The monoisotopic (exact) mass is 283 g/mol. The fourth-order valence-electron chi connectivity index (χ4n) is 2.25. The summed E-state index contributed by atoms with van der Waals surface area (Å²) >= 11 is 0. The molecule has 3 aromatic rings. The highest BCUT2D eigenvalue weighted by Gasteiger charge is 2.16. The van der Waals surface area contributed by atoms with Gasteiger partial charge in [0.1, 0.15) is 5.75 Å². The lowest BCUT2D eigenvalue weighted by Crippen LogP contribution is -2.00. The van der Waals surface area contributed by atoms with Crippen LogP contribution in [0, 0.1) is 6.92 Å². The molecule has 6 nitrogen and oxygen atoms in total. The van der Waals surface area contributed by atoms with Crippen LogP contribution in [-0.2, 0) is 0 Å². The molecule has 1 aromatic carbocycles. The molecule has 0 amide bonds. The van der Waals surface area contributed by atoms with E-state index in [-0.39, 0.29) is 5.56 Å². The van der Waals surface area contributed by atoms with E-state index in [1.807, 2.05) is 12.1 Å². The predicted octanol–water partition coefficient (Wildman–Crippen LogP) is 2.64. The topological polar surface area (TPSA) is 88.1 Å². The lowest BCUT2D eigenvalue weighted by Gasteiger charge is -2.05. The van der Waals surface area contributed by atoms with Gasteiger partial charge in [-0.05, 0) is 37.3 Å². The summed E-state index contributed by atoms with van der Waals surface area (Å²) in [6, 6.07) is 8.83.